The minimum absolute atomic E-state index is 0.567. The lowest BCUT2D eigenvalue weighted by molar-refractivity contribution is 0.115. The van der Waals surface area contributed by atoms with Gasteiger partial charge in [0.2, 0.25) is 0 Å². The predicted molar refractivity (Wildman–Crippen MR) is 49.2 cm³/mol. The highest BCUT2D eigenvalue weighted by atomic mass is 16.6. The third-order valence-corrected chi connectivity index (χ3v) is 3.09. The molecule has 2 unspecified atom stereocenters. The molecule has 0 aromatic rings. The van der Waals surface area contributed by atoms with E-state index in [1.54, 1.807) is 0 Å². The number of nitrogens with zero attached hydrogens (tertiary/aromatic N) is 1. The Labute approximate surface area is 74.9 Å². The van der Waals surface area contributed by atoms with Gasteiger partial charge in [-0.2, -0.15) is 0 Å². The molecule has 2 saturated heterocycles. The molecule has 70 valence electrons. The lowest BCUT2D eigenvalue weighted by atomic mass is 9.95. The molecule has 2 aliphatic rings. The molecule has 2 aliphatic heterocycles. The summed E-state index contributed by atoms with van der Waals surface area (Å²) in [4.78, 5) is 2.59. The van der Waals surface area contributed by atoms with Crippen LogP contribution in [0.2, 0.25) is 0 Å². The molecule has 12 heavy (non-hydrogen) atoms. The van der Waals surface area contributed by atoms with Crippen molar-refractivity contribution >= 4 is 0 Å². The van der Waals surface area contributed by atoms with E-state index in [1.165, 1.54) is 25.9 Å². The summed E-state index contributed by atoms with van der Waals surface area (Å²) in [6.45, 7) is 8.14. The molecule has 2 heterocycles. The Balaban J connectivity index is 1.82. The van der Waals surface area contributed by atoms with E-state index >= 15 is 0 Å². The van der Waals surface area contributed by atoms with Gasteiger partial charge in [0.15, 0.2) is 0 Å². The monoisotopic (exact) mass is 169 g/mol. The van der Waals surface area contributed by atoms with Crippen molar-refractivity contribution in [2.45, 2.75) is 38.8 Å². The lowest BCUT2D eigenvalue weighted by Crippen LogP contribution is -2.42. The first-order chi connectivity index (χ1) is 5.75. The molecule has 2 rings (SSSR count). The first-order valence-corrected chi connectivity index (χ1v) is 5.11. The zero-order chi connectivity index (χ0) is 8.55. The van der Waals surface area contributed by atoms with E-state index in [0.29, 0.717) is 6.10 Å². The first kappa shape index (κ1) is 8.52. The van der Waals surface area contributed by atoms with Gasteiger partial charge in [0.1, 0.15) is 0 Å². The molecule has 2 fully saturated rings. The van der Waals surface area contributed by atoms with E-state index in [1.807, 2.05) is 0 Å². The van der Waals surface area contributed by atoms with Gasteiger partial charge in [-0.15, -0.1) is 0 Å². The number of piperidine rings is 1. The van der Waals surface area contributed by atoms with Gasteiger partial charge < -0.3 is 4.74 Å². The van der Waals surface area contributed by atoms with Crippen LogP contribution in [0.25, 0.3) is 0 Å². The highest BCUT2D eigenvalue weighted by Gasteiger charge is 2.30. The van der Waals surface area contributed by atoms with Gasteiger partial charge in [-0.25, -0.2) is 0 Å². The zero-order valence-corrected chi connectivity index (χ0v) is 8.12. The van der Waals surface area contributed by atoms with Crippen LogP contribution < -0.4 is 0 Å². The van der Waals surface area contributed by atoms with Crippen molar-refractivity contribution in [1.82, 2.24) is 4.90 Å². The van der Waals surface area contributed by atoms with Crippen LogP contribution in [0.4, 0.5) is 0 Å². The molecule has 2 nitrogen and oxygen atoms in total. The maximum Gasteiger partial charge on any atom is 0.0936 e. The number of likely N-dealkylation sites (tertiary alicyclic amines) is 1. The third kappa shape index (κ3) is 1.99. The van der Waals surface area contributed by atoms with Crippen molar-refractivity contribution in [1.29, 1.82) is 0 Å². The van der Waals surface area contributed by atoms with Gasteiger partial charge in [0.05, 0.1) is 12.7 Å². The minimum Gasteiger partial charge on any atom is -0.372 e. The Morgan fingerprint density at radius 1 is 1.33 bits per heavy atom. The lowest BCUT2D eigenvalue weighted by Gasteiger charge is -2.36. The fourth-order valence-electron chi connectivity index (χ4n) is 2.07. The van der Waals surface area contributed by atoms with Crippen molar-refractivity contribution in [3.05, 3.63) is 0 Å². The van der Waals surface area contributed by atoms with Crippen LogP contribution in [0, 0.1) is 5.92 Å². The molecule has 0 saturated carbocycles. The number of ether oxygens (including phenoxy) is 1. The Kier molecular flexibility index (Phi) is 2.37. The number of hydrogen-bond acceptors (Lipinski definition) is 2. The average Bonchev–Trinajstić information content (AvgIpc) is 2.81. The summed E-state index contributed by atoms with van der Waals surface area (Å²) < 4.78 is 5.25. The molecule has 3 atom stereocenters. The maximum atomic E-state index is 5.25. The Hall–Kier alpha value is -0.0800. The fraction of sp³-hybridized carbons (Fsp3) is 1.00. The summed E-state index contributed by atoms with van der Waals surface area (Å²) >= 11 is 0. The topological polar surface area (TPSA) is 15.8 Å². The summed E-state index contributed by atoms with van der Waals surface area (Å²) in [6.07, 6.45) is 3.34. The summed E-state index contributed by atoms with van der Waals surface area (Å²) in [5, 5.41) is 0. The molecular formula is C10H19NO. The van der Waals surface area contributed by atoms with Gasteiger partial charge in [-0.05, 0) is 25.7 Å². The molecule has 0 aromatic carbocycles. The molecule has 0 aliphatic carbocycles. The molecule has 0 N–H and O–H groups in total. The highest BCUT2D eigenvalue weighted by molar-refractivity contribution is 4.82. The van der Waals surface area contributed by atoms with Gasteiger partial charge in [-0.3, -0.25) is 4.90 Å². The molecule has 2 heteroatoms. The predicted octanol–water partition coefficient (Wildman–Crippen LogP) is 1.51. The second kappa shape index (κ2) is 3.35. The van der Waals surface area contributed by atoms with E-state index in [-0.39, 0.29) is 0 Å². The van der Waals surface area contributed by atoms with Gasteiger partial charge in [0.25, 0.3) is 0 Å². The Bertz CT molecular complexity index is 154. The summed E-state index contributed by atoms with van der Waals surface area (Å²) in [5.41, 5.74) is 0. The second-order valence-corrected chi connectivity index (χ2v) is 4.44. The Morgan fingerprint density at radius 2 is 2.08 bits per heavy atom. The minimum atomic E-state index is 0.567. The van der Waals surface area contributed by atoms with E-state index in [9.17, 15) is 0 Å². The summed E-state index contributed by atoms with van der Waals surface area (Å²) in [7, 11) is 0. The fourth-order valence-corrected chi connectivity index (χ4v) is 2.07. The number of epoxide rings is 1. The van der Waals surface area contributed by atoms with Crippen LogP contribution in [0.1, 0.15) is 26.7 Å². The summed E-state index contributed by atoms with van der Waals surface area (Å²) in [5.74, 6) is 0.889. The molecule has 0 aromatic heterocycles. The quantitative estimate of drug-likeness (QED) is 0.582. The number of rotatable bonds is 2. The second-order valence-electron chi connectivity index (χ2n) is 4.44. The van der Waals surface area contributed by atoms with Crippen molar-refractivity contribution in [2.24, 2.45) is 5.92 Å². The highest BCUT2D eigenvalue weighted by Crippen LogP contribution is 2.23. The van der Waals surface area contributed by atoms with E-state index in [0.717, 1.165) is 18.6 Å². The third-order valence-electron chi connectivity index (χ3n) is 3.09. The largest absolute Gasteiger partial charge is 0.372 e. The van der Waals surface area contributed by atoms with Gasteiger partial charge in [0, 0.05) is 19.1 Å². The smallest absolute Gasteiger partial charge is 0.0936 e. The molecular weight excluding hydrogens is 150 g/mol. The average molecular weight is 169 g/mol. The van der Waals surface area contributed by atoms with Crippen LogP contribution in [0.3, 0.4) is 0 Å². The van der Waals surface area contributed by atoms with Crippen LogP contribution in [0.15, 0.2) is 0 Å². The normalized spacial score (nSPS) is 43.0. The van der Waals surface area contributed by atoms with Crippen LogP contribution in [0.5, 0.6) is 0 Å². The SMILES string of the molecule is CC1CCC(C)N(C[C@@H]2CO2)C1. The van der Waals surface area contributed by atoms with Gasteiger partial charge in [-0.1, -0.05) is 6.92 Å². The zero-order valence-electron chi connectivity index (χ0n) is 8.12. The van der Waals surface area contributed by atoms with Crippen LogP contribution in [-0.4, -0.2) is 36.7 Å². The first-order valence-electron chi connectivity index (χ1n) is 5.11. The van der Waals surface area contributed by atoms with Crippen LogP contribution in [-0.2, 0) is 4.74 Å². The van der Waals surface area contributed by atoms with E-state index < -0.39 is 0 Å². The van der Waals surface area contributed by atoms with E-state index in [2.05, 4.69) is 18.7 Å². The van der Waals surface area contributed by atoms with E-state index in [4.69, 9.17) is 4.74 Å². The molecule has 0 amide bonds. The maximum absolute atomic E-state index is 5.25. The van der Waals surface area contributed by atoms with Crippen LogP contribution >= 0.6 is 0 Å². The summed E-state index contributed by atoms with van der Waals surface area (Å²) in [6, 6.07) is 0.783. The number of hydrogen-bond donors (Lipinski definition) is 0. The molecule has 0 radical (unpaired) electrons. The Morgan fingerprint density at radius 3 is 2.75 bits per heavy atom. The van der Waals surface area contributed by atoms with Gasteiger partial charge >= 0.3 is 0 Å². The van der Waals surface area contributed by atoms with Crippen molar-refractivity contribution < 1.29 is 4.74 Å². The standard InChI is InChI=1S/C10H19NO/c1-8-3-4-9(2)11(5-8)6-10-7-12-10/h8-10H,3-7H2,1-2H3/t8?,9?,10-/m1/s1. The van der Waals surface area contributed by atoms with Crippen molar-refractivity contribution in [3.8, 4) is 0 Å². The molecule has 0 spiro atoms. The van der Waals surface area contributed by atoms with Crippen molar-refractivity contribution in [3.63, 3.8) is 0 Å². The molecule has 0 bridgehead atoms. The van der Waals surface area contributed by atoms with Crippen molar-refractivity contribution in [2.75, 3.05) is 19.7 Å².